The molecule has 1 fully saturated rings. The van der Waals surface area contributed by atoms with Gasteiger partial charge in [0.05, 0.1) is 18.6 Å². The molecule has 2 aromatic rings. The zero-order chi connectivity index (χ0) is 22.4. The van der Waals surface area contributed by atoms with Gasteiger partial charge in [0.25, 0.3) is 5.91 Å². The van der Waals surface area contributed by atoms with Crippen molar-refractivity contribution in [1.29, 1.82) is 0 Å². The van der Waals surface area contributed by atoms with E-state index in [4.69, 9.17) is 9.47 Å². The van der Waals surface area contributed by atoms with Crippen molar-refractivity contribution in [3.05, 3.63) is 65.2 Å². The summed E-state index contributed by atoms with van der Waals surface area (Å²) in [5.41, 5.74) is 2.23. The smallest absolute Gasteiger partial charge is 0.338 e. The van der Waals surface area contributed by atoms with Gasteiger partial charge in [0, 0.05) is 24.8 Å². The highest BCUT2D eigenvalue weighted by molar-refractivity contribution is 5.99. The van der Waals surface area contributed by atoms with Crippen LogP contribution in [0.25, 0.3) is 0 Å². The molecule has 1 unspecified atom stereocenters. The standard InChI is InChI=1S/C23H24N2O6/c1-15-3-5-16(6-4-15)19(26)14-31-23(29)17-7-9-18(10-8-17)24-21(27)13-20-22(28)25(2)11-12-30-20/h3-10,20H,11-14H2,1-2H3,(H,24,27). The van der Waals surface area contributed by atoms with Gasteiger partial charge < -0.3 is 19.7 Å². The second-order valence-corrected chi connectivity index (χ2v) is 7.31. The summed E-state index contributed by atoms with van der Waals surface area (Å²) in [4.78, 5) is 50.0. The molecule has 8 heteroatoms. The summed E-state index contributed by atoms with van der Waals surface area (Å²) in [5.74, 6) is -1.52. The van der Waals surface area contributed by atoms with Crippen LogP contribution in [0.5, 0.6) is 0 Å². The van der Waals surface area contributed by atoms with Crippen molar-refractivity contribution in [2.75, 3.05) is 32.1 Å². The van der Waals surface area contributed by atoms with Gasteiger partial charge in [-0.1, -0.05) is 29.8 Å². The summed E-state index contributed by atoms with van der Waals surface area (Å²) in [6.07, 6.45) is -0.882. The Labute approximate surface area is 180 Å². The largest absolute Gasteiger partial charge is 0.454 e. The highest BCUT2D eigenvalue weighted by Gasteiger charge is 2.29. The van der Waals surface area contributed by atoms with Crippen LogP contribution in [0.2, 0.25) is 0 Å². The Morgan fingerprint density at radius 1 is 1.06 bits per heavy atom. The number of ketones is 1. The third kappa shape index (κ3) is 5.99. The van der Waals surface area contributed by atoms with Crippen LogP contribution in [-0.2, 0) is 19.1 Å². The first kappa shape index (κ1) is 22.2. The number of Topliss-reactive ketones (excluding diaryl/α,β-unsaturated/α-hetero) is 1. The lowest BCUT2D eigenvalue weighted by Crippen LogP contribution is -2.46. The number of nitrogens with zero attached hydrogens (tertiary/aromatic N) is 1. The van der Waals surface area contributed by atoms with Gasteiger partial charge in [-0.2, -0.15) is 0 Å². The van der Waals surface area contributed by atoms with Gasteiger partial charge in [0.1, 0.15) is 6.10 Å². The molecule has 8 nitrogen and oxygen atoms in total. The predicted molar refractivity (Wildman–Crippen MR) is 113 cm³/mol. The lowest BCUT2D eigenvalue weighted by molar-refractivity contribution is -0.153. The maximum absolute atomic E-state index is 12.2. The molecule has 0 bridgehead atoms. The molecule has 1 heterocycles. The monoisotopic (exact) mass is 424 g/mol. The molecule has 0 radical (unpaired) electrons. The molecule has 1 atom stereocenters. The number of amides is 2. The highest BCUT2D eigenvalue weighted by Crippen LogP contribution is 2.14. The number of benzene rings is 2. The molecule has 1 aliphatic rings. The predicted octanol–water partition coefficient (Wildman–Crippen LogP) is 2.22. The molecule has 1 N–H and O–H groups in total. The maximum Gasteiger partial charge on any atom is 0.338 e. The Bertz CT molecular complexity index is 969. The number of nitrogens with one attached hydrogen (secondary N) is 1. The number of esters is 1. The minimum absolute atomic E-state index is 0.0892. The van der Waals surface area contributed by atoms with Crippen LogP contribution in [0.3, 0.4) is 0 Å². The third-order valence-corrected chi connectivity index (χ3v) is 4.88. The van der Waals surface area contributed by atoms with Crippen molar-refractivity contribution in [1.82, 2.24) is 4.90 Å². The number of aryl methyl sites for hydroxylation is 1. The molecule has 2 aromatic carbocycles. The van der Waals surface area contributed by atoms with Gasteiger partial charge >= 0.3 is 5.97 Å². The van der Waals surface area contributed by atoms with E-state index in [9.17, 15) is 19.2 Å². The maximum atomic E-state index is 12.2. The van der Waals surface area contributed by atoms with Gasteiger partial charge in [-0.25, -0.2) is 4.79 Å². The van der Waals surface area contributed by atoms with Crippen molar-refractivity contribution >= 4 is 29.3 Å². The van der Waals surface area contributed by atoms with Crippen molar-refractivity contribution in [3.8, 4) is 0 Å². The average Bonchev–Trinajstić information content (AvgIpc) is 2.76. The third-order valence-electron chi connectivity index (χ3n) is 4.88. The Hall–Kier alpha value is -3.52. The summed E-state index contributed by atoms with van der Waals surface area (Å²) in [6, 6.07) is 13.1. The van der Waals surface area contributed by atoms with E-state index in [-0.39, 0.29) is 36.2 Å². The molecular formula is C23H24N2O6. The lowest BCUT2D eigenvalue weighted by atomic mass is 10.1. The average molecular weight is 424 g/mol. The normalized spacial score (nSPS) is 16.0. The topological polar surface area (TPSA) is 102 Å². The van der Waals surface area contributed by atoms with Gasteiger partial charge in [-0.05, 0) is 31.2 Å². The summed E-state index contributed by atoms with van der Waals surface area (Å²) < 4.78 is 10.4. The number of hydrogen-bond donors (Lipinski definition) is 1. The Morgan fingerprint density at radius 2 is 1.71 bits per heavy atom. The van der Waals surface area contributed by atoms with Crippen molar-refractivity contribution in [3.63, 3.8) is 0 Å². The fourth-order valence-electron chi connectivity index (χ4n) is 3.01. The fraction of sp³-hybridized carbons (Fsp3) is 0.304. The first-order valence-corrected chi connectivity index (χ1v) is 9.87. The first-order chi connectivity index (χ1) is 14.8. The van der Waals surface area contributed by atoms with Crippen molar-refractivity contribution < 1.29 is 28.7 Å². The van der Waals surface area contributed by atoms with Crippen molar-refractivity contribution in [2.45, 2.75) is 19.4 Å². The molecule has 3 rings (SSSR count). The van der Waals surface area contributed by atoms with Crippen LogP contribution >= 0.6 is 0 Å². The van der Waals surface area contributed by atoms with E-state index in [1.807, 2.05) is 19.1 Å². The van der Waals surface area contributed by atoms with E-state index in [1.165, 1.54) is 17.0 Å². The Balaban J connectivity index is 1.49. The van der Waals surface area contributed by atoms with E-state index >= 15 is 0 Å². The quantitative estimate of drug-likeness (QED) is 0.540. The minimum atomic E-state index is -0.793. The number of ether oxygens (including phenoxy) is 2. The molecule has 1 saturated heterocycles. The van der Waals surface area contributed by atoms with Crippen molar-refractivity contribution in [2.24, 2.45) is 0 Å². The first-order valence-electron chi connectivity index (χ1n) is 9.87. The number of carbonyl (C=O) groups is 4. The second-order valence-electron chi connectivity index (χ2n) is 7.31. The van der Waals surface area contributed by atoms with Gasteiger partial charge in [-0.15, -0.1) is 0 Å². The number of morpholine rings is 1. The second kappa shape index (κ2) is 9.99. The van der Waals surface area contributed by atoms with Crippen LogP contribution in [0, 0.1) is 6.92 Å². The zero-order valence-corrected chi connectivity index (χ0v) is 17.4. The molecule has 31 heavy (non-hydrogen) atoms. The fourth-order valence-corrected chi connectivity index (χ4v) is 3.01. The molecular weight excluding hydrogens is 400 g/mol. The van der Waals surface area contributed by atoms with Crippen LogP contribution in [0.15, 0.2) is 48.5 Å². The van der Waals surface area contributed by atoms with Crippen LogP contribution in [0.4, 0.5) is 5.69 Å². The summed E-state index contributed by atoms with van der Waals surface area (Å²) in [5, 5.41) is 2.67. The Kier molecular flexibility index (Phi) is 7.15. The minimum Gasteiger partial charge on any atom is -0.454 e. The van der Waals surface area contributed by atoms with Gasteiger partial charge in [0.15, 0.2) is 12.4 Å². The van der Waals surface area contributed by atoms with Crippen LogP contribution in [-0.4, -0.2) is 61.4 Å². The number of rotatable bonds is 7. The van der Waals surface area contributed by atoms with E-state index in [1.54, 1.807) is 31.3 Å². The van der Waals surface area contributed by atoms with E-state index in [0.29, 0.717) is 24.4 Å². The molecule has 2 amide bonds. The lowest BCUT2D eigenvalue weighted by Gasteiger charge is -2.29. The van der Waals surface area contributed by atoms with Crippen LogP contribution in [0.1, 0.15) is 32.7 Å². The van der Waals surface area contributed by atoms with Gasteiger partial charge in [-0.3, -0.25) is 14.4 Å². The molecule has 0 aromatic heterocycles. The summed E-state index contributed by atoms with van der Waals surface area (Å²) in [7, 11) is 1.67. The molecule has 0 saturated carbocycles. The SMILES string of the molecule is Cc1ccc(C(=O)COC(=O)c2ccc(NC(=O)CC3OCCN(C)C3=O)cc2)cc1. The zero-order valence-electron chi connectivity index (χ0n) is 17.4. The van der Waals surface area contributed by atoms with Crippen LogP contribution < -0.4 is 5.32 Å². The number of carbonyl (C=O) groups excluding carboxylic acids is 4. The van der Waals surface area contributed by atoms with E-state index in [0.717, 1.165) is 5.56 Å². The number of likely N-dealkylation sites (N-methyl/N-ethyl adjacent to an activating group) is 1. The summed E-state index contributed by atoms with van der Waals surface area (Å²) in [6.45, 7) is 2.46. The molecule has 162 valence electrons. The summed E-state index contributed by atoms with van der Waals surface area (Å²) >= 11 is 0. The molecule has 0 aliphatic carbocycles. The molecule has 1 aliphatic heterocycles. The number of hydrogen-bond acceptors (Lipinski definition) is 6. The number of anilines is 1. The molecule has 0 spiro atoms. The highest BCUT2D eigenvalue weighted by atomic mass is 16.5. The van der Waals surface area contributed by atoms with E-state index in [2.05, 4.69) is 5.32 Å². The van der Waals surface area contributed by atoms with Gasteiger partial charge in [0.2, 0.25) is 5.91 Å². The Morgan fingerprint density at radius 3 is 2.39 bits per heavy atom. The van der Waals surface area contributed by atoms with E-state index < -0.39 is 12.1 Å².